The molecular formula is C22H30N4O2. The molecule has 1 N–H and O–H groups in total. The maximum Gasteiger partial charge on any atom is 0.250 e. The van der Waals surface area contributed by atoms with Crippen LogP contribution in [-0.2, 0) is 11.3 Å². The molecule has 0 saturated carbocycles. The number of nitrogens with zero attached hydrogens (tertiary/aromatic N) is 3. The van der Waals surface area contributed by atoms with Crippen molar-refractivity contribution in [3.63, 3.8) is 0 Å². The smallest absolute Gasteiger partial charge is 0.250 e. The Morgan fingerprint density at radius 3 is 2.82 bits per heavy atom. The van der Waals surface area contributed by atoms with E-state index in [0.29, 0.717) is 6.61 Å². The zero-order chi connectivity index (χ0) is 19.8. The molecule has 28 heavy (non-hydrogen) atoms. The molecule has 6 heteroatoms. The fraction of sp³-hybridized carbons (Fsp3) is 0.455. The lowest BCUT2D eigenvalue weighted by Gasteiger charge is -2.35. The van der Waals surface area contributed by atoms with E-state index >= 15 is 0 Å². The van der Waals surface area contributed by atoms with Crippen LogP contribution in [0.1, 0.15) is 30.1 Å². The third-order valence-corrected chi connectivity index (χ3v) is 5.12. The zero-order valence-corrected chi connectivity index (χ0v) is 16.8. The number of ether oxygens (including phenoxy) is 1. The minimum absolute atomic E-state index is 0.0573. The van der Waals surface area contributed by atoms with Gasteiger partial charge in [-0.1, -0.05) is 30.3 Å². The third-order valence-electron chi connectivity index (χ3n) is 5.12. The Kier molecular flexibility index (Phi) is 7.25. The number of hydrogen-bond donors (Lipinski definition) is 1. The zero-order valence-electron chi connectivity index (χ0n) is 16.8. The van der Waals surface area contributed by atoms with E-state index in [2.05, 4.69) is 46.4 Å². The SMILES string of the molecule is CN=C(NCCCCn1ccccc1=O)N1CCOC(c2ccccc2C)C1. The lowest BCUT2D eigenvalue weighted by molar-refractivity contribution is -0.00830. The Bertz CT molecular complexity index is 846. The van der Waals surface area contributed by atoms with Gasteiger partial charge in [-0.25, -0.2) is 0 Å². The Morgan fingerprint density at radius 1 is 1.21 bits per heavy atom. The highest BCUT2D eigenvalue weighted by molar-refractivity contribution is 5.80. The normalized spacial score (nSPS) is 17.6. The van der Waals surface area contributed by atoms with Crippen LogP contribution in [0.25, 0.3) is 0 Å². The van der Waals surface area contributed by atoms with Gasteiger partial charge >= 0.3 is 0 Å². The Morgan fingerprint density at radius 2 is 2.04 bits per heavy atom. The number of morpholine rings is 1. The largest absolute Gasteiger partial charge is 0.370 e. The highest BCUT2D eigenvalue weighted by atomic mass is 16.5. The van der Waals surface area contributed by atoms with Crippen molar-refractivity contribution < 1.29 is 4.74 Å². The number of hydrogen-bond acceptors (Lipinski definition) is 3. The molecule has 1 saturated heterocycles. The van der Waals surface area contributed by atoms with Crippen molar-refractivity contribution in [3.8, 4) is 0 Å². The molecule has 6 nitrogen and oxygen atoms in total. The van der Waals surface area contributed by atoms with Gasteiger partial charge in [0.05, 0.1) is 13.2 Å². The molecular weight excluding hydrogens is 352 g/mol. The number of rotatable bonds is 6. The van der Waals surface area contributed by atoms with Crippen LogP contribution < -0.4 is 10.9 Å². The van der Waals surface area contributed by atoms with Crippen LogP contribution in [0.5, 0.6) is 0 Å². The van der Waals surface area contributed by atoms with Crippen molar-refractivity contribution in [3.05, 3.63) is 70.1 Å². The van der Waals surface area contributed by atoms with Gasteiger partial charge in [0.15, 0.2) is 5.96 Å². The van der Waals surface area contributed by atoms with E-state index in [-0.39, 0.29) is 11.7 Å². The lowest BCUT2D eigenvalue weighted by atomic mass is 10.0. The number of nitrogens with one attached hydrogen (secondary N) is 1. The summed E-state index contributed by atoms with van der Waals surface area (Å²) in [5, 5.41) is 3.46. The van der Waals surface area contributed by atoms with Crippen molar-refractivity contribution >= 4 is 5.96 Å². The summed E-state index contributed by atoms with van der Waals surface area (Å²) in [6.45, 7) is 6.03. The highest BCUT2D eigenvalue weighted by Crippen LogP contribution is 2.24. The minimum Gasteiger partial charge on any atom is -0.370 e. The van der Waals surface area contributed by atoms with Gasteiger partial charge in [0.2, 0.25) is 5.56 Å². The van der Waals surface area contributed by atoms with E-state index in [4.69, 9.17) is 4.74 Å². The molecule has 0 spiro atoms. The summed E-state index contributed by atoms with van der Waals surface area (Å²) in [5.41, 5.74) is 2.56. The first-order chi connectivity index (χ1) is 13.7. The van der Waals surface area contributed by atoms with Gasteiger partial charge in [-0.2, -0.15) is 0 Å². The first kappa shape index (κ1) is 20.1. The Hall–Kier alpha value is -2.60. The summed E-state index contributed by atoms with van der Waals surface area (Å²) < 4.78 is 7.77. The predicted octanol–water partition coefficient (Wildman–Crippen LogP) is 2.59. The van der Waals surface area contributed by atoms with Gasteiger partial charge in [-0.3, -0.25) is 9.79 Å². The number of aromatic nitrogens is 1. The number of unbranched alkanes of at least 4 members (excludes halogenated alkanes) is 1. The van der Waals surface area contributed by atoms with Crippen molar-refractivity contribution in [2.75, 3.05) is 33.3 Å². The summed E-state index contributed by atoms with van der Waals surface area (Å²) in [7, 11) is 1.82. The highest BCUT2D eigenvalue weighted by Gasteiger charge is 2.24. The van der Waals surface area contributed by atoms with Crippen LogP contribution in [0, 0.1) is 6.92 Å². The van der Waals surface area contributed by atoms with E-state index in [9.17, 15) is 4.79 Å². The third kappa shape index (κ3) is 5.23. The Balaban J connectivity index is 1.47. The van der Waals surface area contributed by atoms with Crippen molar-refractivity contribution in [1.29, 1.82) is 0 Å². The monoisotopic (exact) mass is 382 g/mol. The average molecular weight is 383 g/mol. The average Bonchev–Trinajstić information content (AvgIpc) is 2.72. The number of aliphatic imine (C=N–C) groups is 1. The molecule has 1 fully saturated rings. The maximum absolute atomic E-state index is 11.7. The fourth-order valence-corrected chi connectivity index (χ4v) is 3.56. The number of guanidine groups is 1. The molecule has 1 atom stereocenters. The molecule has 3 rings (SSSR count). The summed E-state index contributed by atoms with van der Waals surface area (Å²) >= 11 is 0. The van der Waals surface area contributed by atoms with E-state index in [1.807, 2.05) is 19.3 Å². The molecule has 1 aliphatic rings. The van der Waals surface area contributed by atoms with Crippen LogP contribution in [0.15, 0.2) is 58.4 Å². The van der Waals surface area contributed by atoms with E-state index in [1.165, 1.54) is 11.1 Å². The molecule has 0 radical (unpaired) electrons. The maximum atomic E-state index is 11.7. The summed E-state index contributed by atoms with van der Waals surface area (Å²) in [5.74, 6) is 0.916. The first-order valence-electron chi connectivity index (χ1n) is 9.97. The molecule has 0 bridgehead atoms. The van der Waals surface area contributed by atoms with Gasteiger partial charge in [-0.15, -0.1) is 0 Å². The molecule has 1 unspecified atom stereocenters. The quantitative estimate of drug-likeness (QED) is 0.474. The van der Waals surface area contributed by atoms with E-state index in [1.54, 1.807) is 16.7 Å². The second kappa shape index (κ2) is 10.1. The second-order valence-corrected chi connectivity index (χ2v) is 7.08. The minimum atomic E-state index is 0.0573. The topological polar surface area (TPSA) is 58.9 Å². The van der Waals surface area contributed by atoms with Crippen molar-refractivity contribution in [1.82, 2.24) is 14.8 Å². The summed E-state index contributed by atoms with van der Waals surface area (Å²) in [4.78, 5) is 18.4. The fourth-order valence-electron chi connectivity index (χ4n) is 3.56. The van der Waals surface area contributed by atoms with Crippen molar-refractivity contribution in [2.45, 2.75) is 32.4 Å². The molecule has 0 aliphatic carbocycles. The van der Waals surface area contributed by atoms with Gasteiger partial charge in [-0.05, 0) is 37.0 Å². The first-order valence-corrected chi connectivity index (χ1v) is 9.97. The molecule has 1 aromatic heterocycles. The molecule has 2 aromatic rings. The molecule has 150 valence electrons. The predicted molar refractivity (Wildman–Crippen MR) is 113 cm³/mol. The number of pyridine rings is 1. The van der Waals surface area contributed by atoms with Gasteiger partial charge in [0, 0.05) is 38.9 Å². The number of benzene rings is 1. The summed E-state index contributed by atoms with van der Waals surface area (Å²) in [6, 6.07) is 13.7. The lowest BCUT2D eigenvalue weighted by Crippen LogP contribution is -2.48. The van der Waals surface area contributed by atoms with Gasteiger partial charge in [0.25, 0.3) is 0 Å². The van der Waals surface area contributed by atoms with E-state index in [0.717, 1.165) is 45.0 Å². The molecule has 1 aromatic carbocycles. The Labute approximate surface area is 166 Å². The summed E-state index contributed by atoms with van der Waals surface area (Å²) in [6.07, 6.45) is 3.83. The van der Waals surface area contributed by atoms with Gasteiger partial charge in [0.1, 0.15) is 6.10 Å². The van der Waals surface area contributed by atoms with Crippen LogP contribution in [0.2, 0.25) is 0 Å². The molecule has 2 heterocycles. The standard InChI is InChI=1S/C22H30N4O2/c1-18-9-3-4-10-19(18)20-17-26(15-16-28-20)22(23-2)24-12-6-8-14-25-13-7-5-11-21(25)27/h3-5,7,9-11,13,20H,6,8,12,14-17H2,1-2H3,(H,23,24). The van der Waals surface area contributed by atoms with Gasteiger partial charge < -0.3 is 19.5 Å². The van der Waals surface area contributed by atoms with Crippen LogP contribution in [0.4, 0.5) is 0 Å². The van der Waals surface area contributed by atoms with E-state index < -0.39 is 0 Å². The number of aryl methyl sites for hydroxylation is 2. The van der Waals surface area contributed by atoms with Crippen LogP contribution in [-0.4, -0.2) is 48.7 Å². The van der Waals surface area contributed by atoms with Crippen molar-refractivity contribution in [2.24, 2.45) is 4.99 Å². The molecule has 0 amide bonds. The second-order valence-electron chi connectivity index (χ2n) is 7.08. The van der Waals surface area contributed by atoms with Crippen LogP contribution >= 0.6 is 0 Å². The van der Waals surface area contributed by atoms with Crippen LogP contribution in [0.3, 0.4) is 0 Å². The molecule has 1 aliphatic heterocycles.